The predicted molar refractivity (Wildman–Crippen MR) is 84.0 cm³/mol. The molecule has 1 N–H and O–H groups in total. The number of rotatable bonds is 4. The number of anilines is 2. The Kier molecular flexibility index (Phi) is 4.10. The first-order chi connectivity index (χ1) is 9.06. The summed E-state index contributed by atoms with van der Waals surface area (Å²) in [4.78, 5) is 2.11. The van der Waals surface area contributed by atoms with Gasteiger partial charge in [-0.1, -0.05) is 35.9 Å². The molecule has 0 aliphatic heterocycles. The van der Waals surface area contributed by atoms with Crippen LogP contribution in [-0.4, -0.2) is 14.1 Å². The number of aryl methyl sites for hydroxylation is 1. The van der Waals surface area contributed by atoms with Crippen molar-refractivity contribution in [1.82, 2.24) is 0 Å². The molecule has 2 aromatic rings. The van der Waals surface area contributed by atoms with Crippen LogP contribution in [-0.2, 0) is 0 Å². The van der Waals surface area contributed by atoms with Gasteiger partial charge in [0.2, 0.25) is 0 Å². The molecule has 1 unspecified atom stereocenters. The maximum Gasteiger partial charge on any atom is 0.0485 e. The number of nitrogens with one attached hydrogen (secondary N) is 1. The molecule has 0 aliphatic rings. The number of benzene rings is 2. The summed E-state index contributed by atoms with van der Waals surface area (Å²) >= 11 is 0. The fourth-order valence-corrected chi connectivity index (χ4v) is 2.15. The van der Waals surface area contributed by atoms with E-state index in [0.717, 1.165) is 5.69 Å². The van der Waals surface area contributed by atoms with Gasteiger partial charge in [0, 0.05) is 31.5 Å². The Morgan fingerprint density at radius 2 is 1.74 bits per heavy atom. The molecule has 2 aromatic carbocycles. The third-order valence-corrected chi connectivity index (χ3v) is 3.29. The molecule has 2 heteroatoms. The van der Waals surface area contributed by atoms with Gasteiger partial charge in [0.05, 0.1) is 0 Å². The molecule has 0 saturated carbocycles. The lowest BCUT2D eigenvalue weighted by molar-refractivity contribution is 0.882. The molecule has 0 radical (unpaired) electrons. The van der Waals surface area contributed by atoms with E-state index in [-0.39, 0.29) is 0 Å². The van der Waals surface area contributed by atoms with Crippen LogP contribution >= 0.6 is 0 Å². The van der Waals surface area contributed by atoms with E-state index < -0.39 is 0 Å². The first kappa shape index (κ1) is 13.5. The quantitative estimate of drug-likeness (QED) is 0.878. The Morgan fingerprint density at radius 3 is 2.42 bits per heavy atom. The molecule has 0 fully saturated rings. The van der Waals surface area contributed by atoms with Gasteiger partial charge in [-0.3, -0.25) is 0 Å². The van der Waals surface area contributed by atoms with Crippen LogP contribution in [0.1, 0.15) is 24.1 Å². The lowest BCUT2D eigenvalue weighted by Gasteiger charge is -2.18. The zero-order valence-electron chi connectivity index (χ0n) is 12.1. The second kappa shape index (κ2) is 5.79. The van der Waals surface area contributed by atoms with Gasteiger partial charge < -0.3 is 10.2 Å². The maximum atomic E-state index is 3.55. The molecule has 0 amide bonds. The van der Waals surface area contributed by atoms with Crippen molar-refractivity contribution in [3.63, 3.8) is 0 Å². The largest absolute Gasteiger partial charge is 0.378 e. The predicted octanol–water partition coefficient (Wildman–Crippen LogP) is 4.23. The molecule has 100 valence electrons. The number of hydrogen-bond donors (Lipinski definition) is 1. The van der Waals surface area contributed by atoms with Crippen LogP contribution in [0.2, 0.25) is 0 Å². The van der Waals surface area contributed by atoms with Gasteiger partial charge in [-0.05, 0) is 37.6 Å². The lowest BCUT2D eigenvalue weighted by Crippen LogP contribution is -2.10. The molecule has 0 saturated heterocycles. The van der Waals surface area contributed by atoms with Crippen molar-refractivity contribution >= 4 is 11.4 Å². The molecule has 19 heavy (non-hydrogen) atoms. The van der Waals surface area contributed by atoms with E-state index in [1.54, 1.807) is 0 Å². The van der Waals surface area contributed by atoms with Gasteiger partial charge in [-0.2, -0.15) is 0 Å². The first-order valence-corrected chi connectivity index (χ1v) is 6.67. The van der Waals surface area contributed by atoms with Crippen LogP contribution in [0.15, 0.2) is 48.5 Å². The minimum absolute atomic E-state index is 0.303. The van der Waals surface area contributed by atoms with Crippen molar-refractivity contribution < 1.29 is 0 Å². The summed E-state index contributed by atoms with van der Waals surface area (Å²) in [5.41, 5.74) is 4.98. The van der Waals surface area contributed by atoms with Crippen molar-refractivity contribution in [1.29, 1.82) is 0 Å². The minimum atomic E-state index is 0.303. The highest BCUT2D eigenvalue weighted by atomic mass is 15.1. The third kappa shape index (κ3) is 3.50. The third-order valence-electron chi connectivity index (χ3n) is 3.29. The average molecular weight is 254 g/mol. The highest BCUT2D eigenvalue weighted by Crippen LogP contribution is 2.23. The molecule has 0 aromatic heterocycles. The van der Waals surface area contributed by atoms with Crippen LogP contribution in [0.5, 0.6) is 0 Å². The molecule has 2 rings (SSSR count). The molecule has 2 nitrogen and oxygen atoms in total. The Balaban J connectivity index is 2.14. The van der Waals surface area contributed by atoms with Crippen LogP contribution in [0.4, 0.5) is 11.4 Å². The normalized spacial score (nSPS) is 12.0. The Hall–Kier alpha value is -1.96. The fourth-order valence-electron chi connectivity index (χ4n) is 2.15. The van der Waals surface area contributed by atoms with Gasteiger partial charge >= 0.3 is 0 Å². The van der Waals surface area contributed by atoms with Crippen molar-refractivity contribution in [2.45, 2.75) is 19.9 Å². The summed E-state index contributed by atoms with van der Waals surface area (Å²) in [5, 5.41) is 3.55. The molecule has 1 atom stereocenters. The number of hydrogen-bond acceptors (Lipinski definition) is 2. The minimum Gasteiger partial charge on any atom is -0.378 e. The van der Waals surface area contributed by atoms with E-state index in [0.29, 0.717) is 6.04 Å². The van der Waals surface area contributed by atoms with E-state index in [9.17, 15) is 0 Å². The summed E-state index contributed by atoms with van der Waals surface area (Å²) in [6, 6.07) is 17.4. The monoisotopic (exact) mass is 254 g/mol. The molecule has 0 heterocycles. The first-order valence-electron chi connectivity index (χ1n) is 6.67. The van der Waals surface area contributed by atoms with Gasteiger partial charge in [-0.15, -0.1) is 0 Å². The molecular formula is C17H22N2. The Bertz CT molecular complexity index is 546. The van der Waals surface area contributed by atoms with Crippen LogP contribution in [0.25, 0.3) is 0 Å². The van der Waals surface area contributed by atoms with E-state index in [1.165, 1.54) is 16.8 Å². The summed E-state index contributed by atoms with van der Waals surface area (Å²) in [6.45, 7) is 4.32. The maximum absolute atomic E-state index is 3.55. The zero-order chi connectivity index (χ0) is 13.8. The molecule has 0 bridgehead atoms. The standard InChI is InChI=1S/C17H22N2/c1-13-7-5-8-15(11-13)14(2)18-16-9-6-10-17(12-16)19(3)4/h5-12,14,18H,1-4H3. The molecule has 0 aliphatic carbocycles. The number of nitrogens with zero attached hydrogens (tertiary/aromatic N) is 1. The van der Waals surface area contributed by atoms with Gasteiger partial charge in [0.1, 0.15) is 0 Å². The second-order valence-corrected chi connectivity index (χ2v) is 5.22. The summed E-state index contributed by atoms with van der Waals surface area (Å²) in [6.07, 6.45) is 0. The van der Waals surface area contributed by atoms with Crippen molar-refractivity contribution in [3.8, 4) is 0 Å². The van der Waals surface area contributed by atoms with Gasteiger partial charge in [0.15, 0.2) is 0 Å². The highest BCUT2D eigenvalue weighted by molar-refractivity contribution is 5.58. The topological polar surface area (TPSA) is 15.3 Å². The Morgan fingerprint density at radius 1 is 1.00 bits per heavy atom. The van der Waals surface area contributed by atoms with Gasteiger partial charge in [0.25, 0.3) is 0 Å². The lowest BCUT2D eigenvalue weighted by atomic mass is 10.1. The average Bonchev–Trinajstić information content (AvgIpc) is 2.39. The molecule has 0 spiro atoms. The van der Waals surface area contributed by atoms with E-state index in [1.807, 2.05) is 0 Å². The molecular weight excluding hydrogens is 232 g/mol. The van der Waals surface area contributed by atoms with Crippen molar-refractivity contribution in [2.24, 2.45) is 0 Å². The van der Waals surface area contributed by atoms with Crippen LogP contribution in [0, 0.1) is 6.92 Å². The highest BCUT2D eigenvalue weighted by Gasteiger charge is 2.06. The summed E-state index contributed by atoms with van der Waals surface area (Å²) < 4.78 is 0. The van der Waals surface area contributed by atoms with Crippen LogP contribution < -0.4 is 10.2 Å². The zero-order valence-corrected chi connectivity index (χ0v) is 12.1. The van der Waals surface area contributed by atoms with Gasteiger partial charge in [-0.25, -0.2) is 0 Å². The van der Waals surface area contributed by atoms with E-state index in [4.69, 9.17) is 0 Å². The van der Waals surface area contributed by atoms with Crippen molar-refractivity contribution in [3.05, 3.63) is 59.7 Å². The van der Waals surface area contributed by atoms with E-state index >= 15 is 0 Å². The Labute approximate surface area is 116 Å². The fraction of sp³-hybridized carbons (Fsp3) is 0.294. The van der Waals surface area contributed by atoms with Crippen LogP contribution in [0.3, 0.4) is 0 Å². The second-order valence-electron chi connectivity index (χ2n) is 5.22. The van der Waals surface area contributed by atoms with E-state index in [2.05, 4.69) is 86.7 Å². The summed E-state index contributed by atoms with van der Waals surface area (Å²) in [7, 11) is 4.12. The van der Waals surface area contributed by atoms with Crippen molar-refractivity contribution in [2.75, 3.05) is 24.3 Å². The SMILES string of the molecule is Cc1cccc(C(C)Nc2cccc(N(C)C)c2)c1. The summed E-state index contributed by atoms with van der Waals surface area (Å²) in [5.74, 6) is 0. The smallest absolute Gasteiger partial charge is 0.0485 e.